The van der Waals surface area contributed by atoms with Gasteiger partial charge in [-0.05, 0) is 21.0 Å². The van der Waals surface area contributed by atoms with Crippen molar-refractivity contribution in [1.29, 1.82) is 0 Å². The first-order valence-electron chi connectivity index (χ1n) is 5.95. The van der Waals surface area contributed by atoms with E-state index in [0.717, 1.165) is 0 Å². The molecule has 0 bridgehead atoms. The maximum atomic E-state index is 11.9. The van der Waals surface area contributed by atoms with Crippen molar-refractivity contribution in [3.8, 4) is 0 Å². The Balaban J connectivity index is 2.25. The minimum absolute atomic E-state index is 0.0174. The standard InChI is InChI=1S/C10H19N5O2S/c1-4-18(16,17)14-7-9(13(2)3)10(8-14)15-6-5-11-12-15/h5-6,9-10H,4,7-8H2,1-3H3/t9-,10+/m1/s1. The molecule has 8 heteroatoms. The summed E-state index contributed by atoms with van der Waals surface area (Å²) < 4.78 is 27.2. The summed E-state index contributed by atoms with van der Waals surface area (Å²) in [6.45, 7) is 2.64. The average Bonchev–Trinajstić information content (AvgIpc) is 2.97. The Kier molecular flexibility index (Phi) is 3.69. The molecule has 2 rings (SSSR count). The number of likely N-dealkylation sites (N-methyl/N-ethyl adjacent to an activating group) is 1. The molecule has 0 saturated carbocycles. The Hall–Kier alpha value is -0.990. The van der Waals surface area contributed by atoms with Crippen LogP contribution in [0.3, 0.4) is 0 Å². The Bertz CT molecular complexity index is 484. The maximum Gasteiger partial charge on any atom is 0.213 e. The first-order chi connectivity index (χ1) is 8.45. The minimum atomic E-state index is -3.14. The highest BCUT2D eigenvalue weighted by molar-refractivity contribution is 7.89. The highest BCUT2D eigenvalue weighted by atomic mass is 32.2. The van der Waals surface area contributed by atoms with Gasteiger partial charge in [0.25, 0.3) is 0 Å². The van der Waals surface area contributed by atoms with E-state index < -0.39 is 10.0 Å². The highest BCUT2D eigenvalue weighted by Gasteiger charge is 2.40. The smallest absolute Gasteiger partial charge is 0.213 e. The fraction of sp³-hybridized carbons (Fsp3) is 0.800. The largest absolute Gasteiger partial charge is 0.303 e. The summed E-state index contributed by atoms with van der Waals surface area (Å²) in [5, 5.41) is 7.79. The van der Waals surface area contributed by atoms with Crippen LogP contribution in [0.2, 0.25) is 0 Å². The van der Waals surface area contributed by atoms with Crippen LogP contribution in [0.15, 0.2) is 12.4 Å². The number of nitrogens with zero attached hydrogens (tertiary/aromatic N) is 5. The lowest BCUT2D eigenvalue weighted by Crippen LogP contribution is -2.37. The second-order valence-corrected chi connectivity index (χ2v) is 6.96. The molecular formula is C10H19N5O2S. The lowest BCUT2D eigenvalue weighted by Gasteiger charge is -2.24. The van der Waals surface area contributed by atoms with Crippen LogP contribution in [0.1, 0.15) is 13.0 Å². The molecule has 1 fully saturated rings. The van der Waals surface area contributed by atoms with Gasteiger partial charge in [0.05, 0.1) is 18.0 Å². The Morgan fingerprint density at radius 2 is 2.11 bits per heavy atom. The Labute approximate surface area is 107 Å². The van der Waals surface area contributed by atoms with Gasteiger partial charge >= 0.3 is 0 Å². The number of hydrogen-bond acceptors (Lipinski definition) is 5. The second kappa shape index (κ2) is 4.94. The van der Waals surface area contributed by atoms with Crippen molar-refractivity contribution in [3.63, 3.8) is 0 Å². The van der Waals surface area contributed by atoms with Gasteiger partial charge in [-0.25, -0.2) is 13.1 Å². The molecule has 1 aromatic heterocycles. The zero-order valence-electron chi connectivity index (χ0n) is 10.9. The molecule has 18 heavy (non-hydrogen) atoms. The van der Waals surface area contributed by atoms with Crippen molar-refractivity contribution in [3.05, 3.63) is 12.4 Å². The molecule has 7 nitrogen and oxygen atoms in total. The summed E-state index contributed by atoms with van der Waals surface area (Å²) in [5.41, 5.74) is 0. The van der Waals surface area contributed by atoms with Gasteiger partial charge in [0, 0.05) is 25.3 Å². The third kappa shape index (κ3) is 2.40. The molecule has 2 heterocycles. The first kappa shape index (κ1) is 13.4. The maximum absolute atomic E-state index is 11.9. The first-order valence-corrected chi connectivity index (χ1v) is 7.56. The van der Waals surface area contributed by atoms with Crippen molar-refractivity contribution >= 4 is 10.0 Å². The van der Waals surface area contributed by atoms with Crippen LogP contribution in [0.4, 0.5) is 0 Å². The molecule has 1 aromatic rings. The van der Waals surface area contributed by atoms with E-state index >= 15 is 0 Å². The van der Waals surface area contributed by atoms with Gasteiger partial charge in [-0.2, -0.15) is 4.31 Å². The van der Waals surface area contributed by atoms with Crippen LogP contribution in [0.25, 0.3) is 0 Å². The number of rotatable bonds is 4. The van der Waals surface area contributed by atoms with Gasteiger partial charge in [-0.3, -0.25) is 0 Å². The normalized spacial score (nSPS) is 26.0. The van der Waals surface area contributed by atoms with Gasteiger partial charge < -0.3 is 4.90 Å². The molecule has 2 atom stereocenters. The van der Waals surface area contributed by atoms with Gasteiger partial charge in [-0.15, -0.1) is 5.10 Å². The number of hydrogen-bond donors (Lipinski definition) is 0. The van der Waals surface area contributed by atoms with Gasteiger partial charge in [0.2, 0.25) is 10.0 Å². The summed E-state index contributed by atoms with van der Waals surface area (Å²) in [4.78, 5) is 2.04. The lowest BCUT2D eigenvalue weighted by molar-refractivity contribution is 0.242. The van der Waals surface area contributed by atoms with Crippen LogP contribution in [-0.4, -0.2) is 71.6 Å². The molecule has 1 aliphatic rings. The predicted molar refractivity (Wildman–Crippen MR) is 67.6 cm³/mol. The van der Waals surface area contributed by atoms with Crippen molar-refractivity contribution < 1.29 is 8.42 Å². The molecule has 0 radical (unpaired) electrons. The summed E-state index contributed by atoms with van der Waals surface area (Å²) >= 11 is 0. The average molecular weight is 273 g/mol. The lowest BCUT2D eigenvalue weighted by atomic mass is 10.1. The van der Waals surface area contributed by atoms with E-state index in [1.807, 2.05) is 19.0 Å². The van der Waals surface area contributed by atoms with E-state index in [0.29, 0.717) is 13.1 Å². The van der Waals surface area contributed by atoms with E-state index in [2.05, 4.69) is 10.3 Å². The SMILES string of the molecule is CCS(=O)(=O)N1C[C@@H](N(C)C)[C@@H](n2ccnn2)C1. The molecule has 1 saturated heterocycles. The molecule has 0 aliphatic carbocycles. The van der Waals surface area contributed by atoms with Gasteiger partial charge in [0.15, 0.2) is 0 Å². The predicted octanol–water partition coefficient (Wildman–Crippen LogP) is -0.585. The molecule has 0 unspecified atom stereocenters. The van der Waals surface area contributed by atoms with Crippen molar-refractivity contribution in [2.24, 2.45) is 0 Å². The summed E-state index contributed by atoms with van der Waals surface area (Å²) in [7, 11) is 0.767. The van der Waals surface area contributed by atoms with Crippen LogP contribution in [0.5, 0.6) is 0 Å². The third-order valence-corrected chi connectivity index (χ3v) is 5.24. The fourth-order valence-electron chi connectivity index (χ4n) is 2.31. The second-order valence-electron chi connectivity index (χ2n) is 4.70. The molecule has 102 valence electrons. The summed E-state index contributed by atoms with van der Waals surface area (Å²) in [6.07, 6.45) is 3.40. The molecule has 0 amide bonds. The van der Waals surface area contributed by atoms with Crippen LogP contribution >= 0.6 is 0 Å². The monoisotopic (exact) mass is 273 g/mol. The van der Waals surface area contributed by atoms with Crippen LogP contribution < -0.4 is 0 Å². The van der Waals surface area contributed by atoms with Crippen LogP contribution in [0, 0.1) is 0 Å². The molecule has 0 spiro atoms. The van der Waals surface area contributed by atoms with Gasteiger partial charge in [-0.1, -0.05) is 5.21 Å². The number of sulfonamides is 1. The third-order valence-electron chi connectivity index (χ3n) is 3.43. The molecule has 0 aromatic carbocycles. The van der Waals surface area contributed by atoms with E-state index in [-0.39, 0.29) is 17.8 Å². The van der Waals surface area contributed by atoms with Crippen molar-refractivity contribution in [1.82, 2.24) is 24.2 Å². The summed E-state index contributed by atoms with van der Waals surface area (Å²) in [6, 6.07) is 0.136. The minimum Gasteiger partial charge on any atom is -0.303 e. The van der Waals surface area contributed by atoms with Crippen molar-refractivity contribution in [2.75, 3.05) is 32.9 Å². The molecular weight excluding hydrogens is 254 g/mol. The Morgan fingerprint density at radius 1 is 1.39 bits per heavy atom. The zero-order chi connectivity index (χ0) is 13.3. The van der Waals surface area contributed by atoms with E-state index in [1.165, 1.54) is 0 Å². The van der Waals surface area contributed by atoms with E-state index in [4.69, 9.17) is 0 Å². The molecule has 1 aliphatic heterocycles. The van der Waals surface area contributed by atoms with E-state index in [9.17, 15) is 8.42 Å². The Morgan fingerprint density at radius 3 is 2.61 bits per heavy atom. The van der Waals surface area contributed by atoms with E-state index in [1.54, 1.807) is 28.3 Å². The number of aromatic nitrogens is 3. The van der Waals surface area contributed by atoms with Crippen molar-refractivity contribution in [2.45, 2.75) is 19.0 Å². The molecule has 0 N–H and O–H groups in total. The summed E-state index contributed by atoms with van der Waals surface area (Å²) in [5.74, 6) is 0.136. The fourth-order valence-corrected chi connectivity index (χ4v) is 3.43. The van der Waals surface area contributed by atoms with Gasteiger partial charge in [0.1, 0.15) is 0 Å². The zero-order valence-corrected chi connectivity index (χ0v) is 11.7. The quantitative estimate of drug-likeness (QED) is 0.733. The highest BCUT2D eigenvalue weighted by Crippen LogP contribution is 2.26. The topological polar surface area (TPSA) is 71.3 Å². The van der Waals surface area contributed by atoms with Crippen LogP contribution in [-0.2, 0) is 10.0 Å².